The lowest BCUT2D eigenvalue weighted by molar-refractivity contribution is -0.121. The number of hydrogen-bond donors (Lipinski definition) is 1. The summed E-state index contributed by atoms with van der Waals surface area (Å²) in [7, 11) is 1.73. The number of ether oxygens (including phenoxy) is 1. The number of para-hydroxylation sites is 2. The maximum atomic E-state index is 13.0. The van der Waals surface area contributed by atoms with Crippen LogP contribution in [0.3, 0.4) is 0 Å². The van der Waals surface area contributed by atoms with Crippen LogP contribution in [-0.2, 0) is 16.6 Å². The largest absolute Gasteiger partial charge is 0.495 e. The first kappa shape index (κ1) is 18.5. The second-order valence-corrected chi connectivity index (χ2v) is 8.48. The van der Waals surface area contributed by atoms with Crippen LogP contribution in [0.1, 0.15) is 30.4 Å². The predicted molar refractivity (Wildman–Crippen MR) is 116 cm³/mol. The van der Waals surface area contributed by atoms with Gasteiger partial charge >= 0.3 is 0 Å². The highest BCUT2D eigenvalue weighted by molar-refractivity contribution is 6.07. The Morgan fingerprint density at radius 2 is 1.90 bits per heavy atom. The molecule has 5 heteroatoms. The van der Waals surface area contributed by atoms with Gasteiger partial charge in [-0.2, -0.15) is 0 Å². The number of piperazine rings is 1. The van der Waals surface area contributed by atoms with E-state index in [0.717, 1.165) is 69.8 Å². The average Bonchev–Trinajstić information content (AvgIpc) is 3.06. The number of carbonyl (C=O) groups is 1. The summed E-state index contributed by atoms with van der Waals surface area (Å²) in [6.45, 7) is 4.98. The first-order valence-electron chi connectivity index (χ1n) is 10.8. The van der Waals surface area contributed by atoms with E-state index in [-0.39, 0.29) is 11.3 Å². The minimum atomic E-state index is -0.316. The average molecular weight is 392 g/mol. The standard InChI is InChI=1S/C24H29N3O2/c1-29-21-10-3-2-9-20(21)27-16-14-26(15-17-27)13-12-24-11-5-7-18-6-4-8-19(22(18)24)25-23(24)28/h2-4,6,8-10H,5,7,11-17H2,1H3,(H,25,28). The molecule has 1 amide bonds. The molecule has 1 saturated heterocycles. The van der Waals surface area contributed by atoms with Gasteiger partial charge in [0, 0.05) is 31.9 Å². The predicted octanol–water partition coefficient (Wildman–Crippen LogP) is 3.43. The molecule has 2 heterocycles. The van der Waals surface area contributed by atoms with Crippen molar-refractivity contribution in [2.75, 3.05) is 50.1 Å². The van der Waals surface area contributed by atoms with Gasteiger partial charge in [0.1, 0.15) is 5.75 Å². The molecule has 1 unspecified atom stereocenters. The van der Waals surface area contributed by atoms with Gasteiger partial charge in [0.25, 0.3) is 0 Å². The second kappa shape index (κ2) is 7.38. The number of anilines is 2. The van der Waals surface area contributed by atoms with E-state index < -0.39 is 0 Å². The van der Waals surface area contributed by atoms with E-state index in [9.17, 15) is 4.79 Å². The SMILES string of the molecule is COc1ccccc1N1CCN(CCC23CCCc4cccc(c42)NC3=O)CC1. The van der Waals surface area contributed by atoms with Crippen molar-refractivity contribution in [1.82, 2.24) is 4.90 Å². The molecule has 3 aliphatic rings. The number of aryl methyl sites for hydroxylation is 1. The third-order valence-electron chi connectivity index (χ3n) is 7.01. The summed E-state index contributed by atoms with van der Waals surface area (Å²) in [6.07, 6.45) is 4.09. The molecule has 2 aliphatic heterocycles. The lowest BCUT2D eigenvalue weighted by Gasteiger charge is -2.39. The summed E-state index contributed by atoms with van der Waals surface area (Å²) in [5.74, 6) is 1.15. The van der Waals surface area contributed by atoms with Crippen molar-refractivity contribution in [3.05, 3.63) is 53.6 Å². The number of benzene rings is 2. The molecule has 0 spiro atoms. The van der Waals surface area contributed by atoms with Gasteiger partial charge in [-0.25, -0.2) is 0 Å². The number of methoxy groups -OCH3 is 1. The van der Waals surface area contributed by atoms with Gasteiger partial charge in [-0.3, -0.25) is 9.69 Å². The lowest BCUT2D eigenvalue weighted by atomic mass is 9.69. The Bertz CT molecular complexity index is 920. The van der Waals surface area contributed by atoms with Crippen molar-refractivity contribution in [3.63, 3.8) is 0 Å². The summed E-state index contributed by atoms with van der Waals surface area (Å²) >= 11 is 0. The van der Waals surface area contributed by atoms with Crippen LogP contribution in [0.5, 0.6) is 5.75 Å². The molecule has 1 N–H and O–H groups in total. The van der Waals surface area contributed by atoms with Crippen LogP contribution in [-0.4, -0.2) is 50.6 Å². The summed E-state index contributed by atoms with van der Waals surface area (Å²) in [4.78, 5) is 17.9. The van der Waals surface area contributed by atoms with Crippen molar-refractivity contribution in [1.29, 1.82) is 0 Å². The molecular weight excluding hydrogens is 362 g/mol. The zero-order valence-corrected chi connectivity index (χ0v) is 17.1. The van der Waals surface area contributed by atoms with E-state index in [1.807, 2.05) is 12.1 Å². The minimum Gasteiger partial charge on any atom is -0.495 e. The molecular formula is C24H29N3O2. The van der Waals surface area contributed by atoms with Gasteiger partial charge in [0.15, 0.2) is 0 Å². The summed E-state index contributed by atoms with van der Waals surface area (Å²) in [5, 5.41) is 3.17. The van der Waals surface area contributed by atoms with Crippen molar-refractivity contribution in [2.24, 2.45) is 0 Å². The Morgan fingerprint density at radius 3 is 2.72 bits per heavy atom. The Labute approximate surface area is 172 Å². The van der Waals surface area contributed by atoms with E-state index in [0.29, 0.717) is 0 Å². The molecule has 29 heavy (non-hydrogen) atoms. The van der Waals surface area contributed by atoms with E-state index in [1.165, 1.54) is 16.8 Å². The van der Waals surface area contributed by atoms with E-state index >= 15 is 0 Å². The monoisotopic (exact) mass is 391 g/mol. The lowest BCUT2D eigenvalue weighted by Crippen LogP contribution is -2.48. The molecule has 5 nitrogen and oxygen atoms in total. The van der Waals surface area contributed by atoms with Crippen molar-refractivity contribution < 1.29 is 9.53 Å². The number of nitrogens with zero attached hydrogens (tertiary/aromatic N) is 2. The fourth-order valence-corrected chi connectivity index (χ4v) is 5.47. The number of rotatable bonds is 5. The normalized spacial score (nSPS) is 23.6. The fraction of sp³-hybridized carbons (Fsp3) is 0.458. The highest BCUT2D eigenvalue weighted by atomic mass is 16.5. The van der Waals surface area contributed by atoms with Crippen LogP contribution in [0, 0.1) is 0 Å². The highest BCUT2D eigenvalue weighted by Crippen LogP contribution is 2.48. The molecule has 152 valence electrons. The van der Waals surface area contributed by atoms with Crippen LogP contribution < -0.4 is 15.0 Å². The van der Waals surface area contributed by atoms with Gasteiger partial charge < -0.3 is 15.0 Å². The van der Waals surface area contributed by atoms with Crippen LogP contribution >= 0.6 is 0 Å². The topological polar surface area (TPSA) is 44.8 Å². The van der Waals surface area contributed by atoms with Crippen LogP contribution in [0.25, 0.3) is 0 Å². The van der Waals surface area contributed by atoms with E-state index in [4.69, 9.17) is 4.74 Å². The Balaban J connectivity index is 1.26. The molecule has 2 aromatic rings. The molecule has 0 bridgehead atoms. The van der Waals surface area contributed by atoms with Crippen molar-refractivity contribution in [2.45, 2.75) is 31.1 Å². The molecule has 0 aromatic heterocycles. The third-order valence-corrected chi connectivity index (χ3v) is 7.01. The summed E-state index contributed by atoms with van der Waals surface area (Å²) in [5.41, 5.74) is 4.57. The van der Waals surface area contributed by atoms with Gasteiger partial charge in [0.2, 0.25) is 5.91 Å². The molecule has 2 aromatic carbocycles. The zero-order valence-electron chi connectivity index (χ0n) is 17.1. The van der Waals surface area contributed by atoms with Crippen LogP contribution in [0.2, 0.25) is 0 Å². The first-order valence-corrected chi connectivity index (χ1v) is 10.8. The van der Waals surface area contributed by atoms with Crippen LogP contribution in [0.4, 0.5) is 11.4 Å². The Morgan fingerprint density at radius 1 is 1.07 bits per heavy atom. The van der Waals surface area contributed by atoms with Crippen molar-refractivity contribution in [3.8, 4) is 5.75 Å². The van der Waals surface area contributed by atoms with E-state index in [1.54, 1.807) is 7.11 Å². The highest BCUT2D eigenvalue weighted by Gasteiger charge is 2.49. The quantitative estimate of drug-likeness (QED) is 0.848. The van der Waals surface area contributed by atoms with Crippen molar-refractivity contribution >= 4 is 17.3 Å². The van der Waals surface area contributed by atoms with Gasteiger partial charge in [-0.05, 0) is 61.6 Å². The number of amides is 1. The second-order valence-electron chi connectivity index (χ2n) is 8.48. The number of carbonyl (C=O) groups excluding carboxylic acids is 1. The van der Waals surface area contributed by atoms with Gasteiger partial charge in [-0.15, -0.1) is 0 Å². The number of nitrogens with one attached hydrogen (secondary N) is 1. The minimum absolute atomic E-state index is 0.215. The maximum Gasteiger partial charge on any atom is 0.235 e. The number of hydrogen-bond acceptors (Lipinski definition) is 4. The third kappa shape index (κ3) is 3.08. The van der Waals surface area contributed by atoms with Gasteiger partial charge in [-0.1, -0.05) is 24.3 Å². The van der Waals surface area contributed by atoms with Crippen LogP contribution in [0.15, 0.2) is 42.5 Å². The molecule has 5 rings (SSSR count). The Hall–Kier alpha value is -2.53. The molecule has 1 atom stereocenters. The Kier molecular flexibility index (Phi) is 4.70. The first-order chi connectivity index (χ1) is 14.2. The molecule has 1 aliphatic carbocycles. The summed E-state index contributed by atoms with van der Waals surface area (Å²) in [6, 6.07) is 14.6. The summed E-state index contributed by atoms with van der Waals surface area (Å²) < 4.78 is 5.53. The molecule has 0 radical (unpaired) electrons. The molecule has 0 saturated carbocycles. The maximum absolute atomic E-state index is 13.0. The van der Waals surface area contributed by atoms with E-state index in [2.05, 4.69) is 45.4 Å². The fourth-order valence-electron chi connectivity index (χ4n) is 5.47. The zero-order chi connectivity index (χ0) is 19.8. The smallest absolute Gasteiger partial charge is 0.235 e. The molecule has 1 fully saturated rings. The van der Waals surface area contributed by atoms with Gasteiger partial charge in [0.05, 0.1) is 18.2 Å².